The first-order valence-corrected chi connectivity index (χ1v) is 12.6. The fourth-order valence-corrected chi connectivity index (χ4v) is 7.07. The Labute approximate surface area is 170 Å². The number of rotatable bonds is 4. The van der Waals surface area contributed by atoms with Gasteiger partial charge in [-0.3, -0.25) is 4.18 Å². The Balaban J connectivity index is 1.63. The summed E-state index contributed by atoms with van der Waals surface area (Å²) in [7, 11) is -8.23. The van der Waals surface area contributed by atoms with Gasteiger partial charge in [-0.2, -0.15) is 22.0 Å². The average molecular weight is 447 g/mol. The molecule has 0 spiro atoms. The first kappa shape index (κ1) is 20.9. The number of phenolic OH excluding ortho intramolecular Hbond substituents is 1. The smallest absolute Gasteiger partial charge is 0.380 e. The molecular weight excluding hydrogens is 420 g/mol. The topological polar surface area (TPSA) is 159 Å². The van der Waals surface area contributed by atoms with Gasteiger partial charge in [-0.1, -0.05) is 6.92 Å². The van der Waals surface area contributed by atoms with Crippen LogP contribution >= 0.6 is 0 Å². The van der Waals surface area contributed by atoms with E-state index in [-0.39, 0.29) is 22.8 Å². The lowest BCUT2D eigenvalue weighted by Gasteiger charge is -2.50. The summed E-state index contributed by atoms with van der Waals surface area (Å²) in [5.41, 5.74) is 1.68. The van der Waals surface area contributed by atoms with E-state index in [1.54, 1.807) is 12.1 Å². The average Bonchev–Trinajstić information content (AvgIpc) is 2.89. The molecule has 5 N–H and O–H groups in total. The first-order chi connectivity index (χ1) is 13.4. The highest BCUT2D eigenvalue weighted by Crippen LogP contribution is 2.62. The third-order valence-corrected chi connectivity index (χ3v) is 8.09. The van der Waals surface area contributed by atoms with Crippen molar-refractivity contribution < 1.29 is 30.3 Å². The van der Waals surface area contributed by atoms with Gasteiger partial charge >= 0.3 is 20.6 Å². The Kier molecular flexibility index (Phi) is 4.90. The lowest BCUT2D eigenvalue weighted by atomic mass is 9.55. The number of hydrogen-bond acceptors (Lipinski definition) is 7. The molecule has 0 aliphatic heterocycles. The first-order valence-electron chi connectivity index (χ1n) is 9.66. The third-order valence-electron chi connectivity index (χ3n) is 7.17. The van der Waals surface area contributed by atoms with Crippen molar-refractivity contribution in [3.05, 3.63) is 23.3 Å². The largest absolute Gasteiger partial charge is 0.504 e. The molecule has 0 aromatic heterocycles. The van der Waals surface area contributed by atoms with E-state index in [9.17, 15) is 21.9 Å². The Morgan fingerprint density at radius 3 is 2.45 bits per heavy atom. The molecule has 2 fully saturated rings. The molecule has 162 valence electrons. The molecule has 4 rings (SSSR count). The molecule has 1 aromatic carbocycles. The maximum atomic E-state index is 11.5. The SMILES string of the molecule is C[C@]12CC[C@@H]3c4cc(O)c(OS(N)(=O)=O)cc4CC[C@H]3[C@@H]1CC[C@@H]2OS(N)(=O)=O. The van der Waals surface area contributed by atoms with Gasteiger partial charge in [0.1, 0.15) is 0 Å². The molecule has 0 heterocycles. The minimum absolute atomic E-state index is 0.159. The van der Waals surface area contributed by atoms with Crippen molar-refractivity contribution in [2.45, 2.75) is 57.5 Å². The predicted octanol–water partition coefficient (Wildman–Crippen LogP) is 1.42. The van der Waals surface area contributed by atoms with E-state index in [0.717, 1.165) is 36.8 Å². The van der Waals surface area contributed by atoms with Crippen molar-refractivity contribution in [3.63, 3.8) is 0 Å². The van der Waals surface area contributed by atoms with Crippen molar-refractivity contribution in [1.29, 1.82) is 0 Å². The number of phenols is 1. The lowest BCUT2D eigenvalue weighted by Crippen LogP contribution is -2.45. The van der Waals surface area contributed by atoms with Gasteiger partial charge in [0.25, 0.3) is 0 Å². The maximum Gasteiger partial charge on any atom is 0.380 e. The maximum absolute atomic E-state index is 11.5. The van der Waals surface area contributed by atoms with Gasteiger partial charge < -0.3 is 9.29 Å². The van der Waals surface area contributed by atoms with Crippen LogP contribution in [0.25, 0.3) is 0 Å². The summed E-state index contributed by atoms with van der Waals surface area (Å²) in [5.74, 6) is 0.421. The van der Waals surface area contributed by atoms with Crippen LogP contribution in [0.1, 0.15) is 56.1 Å². The highest BCUT2D eigenvalue weighted by atomic mass is 32.2. The fraction of sp³-hybridized carbons (Fsp3) is 0.667. The van der Waals surface area contributed by atoms with Gasteiger partial charge in [-0.25, -0.2) is 5.14 Å². The summed E-state index contributed by atoms with van der Waals surface area (Å²) < 4.78 is 55.3. The van der Waals surface area contributed by atoms with Gasteiger partial charge in [0.05, 0.1) is 6.10 Å². The Hall–Kier alpha value is -1.40. The molecule has 0 bridgehead atoms. The van der Waals surface area contributed by atoms with Crippen molar-refractivity contribution in [2.75, 3.05) is 0 Å². The van der Waals surface area contributed by atoms with Gasteiger partial charge in [0, 0.05) is 0 Å². The van der Waals surface area contributed by atoms with E-state index in [1.165, 1.54) is 0 Å². The number of aromatic hydroxyl groups is 1. The van der Waals surface area contributed by atoms with Crippen LogP contribution in [-0.4, -0.2) is 28.0 Å². The molecule has 0 unspecified atom stereocenters. The molecular formula is C18H26N2O7S2. The Morgan fingerprint density at radius 2 is 1.79 bits per heavy atom. The minimum Gasteiger partial charge on any atom is -0.504 e. The molecule has 0 radical (unpaired) electrons. The molecule has 3 aliphatic rings. The summed E-state index contributed by atoms with van der Waals surface area (Å²) in [6.07, 6.45) is 4.32. The standard InChI is InChI=1S/C18H26N2O7S2/c1-18-7-6-11-12(14(18)4-5-17(18)27-29(20,24)25)3-2-10-8-16(26-28(19,22)23)15(21)9-13(10)11/h8-9,11-12,14,17,21H,2-7H2,1H3,(H2,19,22,23)(H2,20,24,25)/t11-,12+,14-,17-,18-/m0/s1. The molecule has 1 aromatic rings. The summed E-state index contributed by atoms with van der Waals surface area (Å²) in [6.45, 7) is 2.09. The number of benzene rings is 1. The summed E-state index contributed by atoms with van der Waals surface area (Å²) in [5, 5.41) is 20.3. The van der Waals surface area contributed by atoms with Gasteiger partial charge in [0.2, 0.25) is 0 Å². The van der Waals surface area contributed by atoms with Crippen LogP contribution in [0.3, 0.4) is 0 Å². The van der Waals surface area contributed by atoms with Gasteiger partial charge in [-0.05, 0) is 85.0 Å². The van der Waals surface area contributed by atoms with Crippen molar-refractivity contribution in [2.24, 2.45) is 27.5 Å². The normalized spacial score (nSPS) is 34.2. The van der Waals surface area contributed by atoms with E-state index < -0.39 is 26.7 Å². The summed E-state index contributed by atoms with van der Waals surface area (Å²) in [4.78, 5) is 0. The number of fused-ring (bicyclic) bond motifs is 5. The van der Waals surface area contributed by atoms with Crippen LogP contribution in [-0.2, 0) is 31.2 Å². The van der Waals surface area contributed by atoms with Crippen LogP contribution in [0.5, 0.6) is 11.5 Å². The van der Waals surface area contributed by atoms with E-state index in [2.05, 4.69) is 6.92 Å². The Bertz CT molecular complexity index is 1040. The summed E-state index contributed by atoms with van der Waals surface area (Å²) >= 11 is 0. The highest BCUT2D eigenvalue weighted by molar-refractivity contribution is 7.84. The van der Waals surface area contributed by atoms with Crippen LogP contribution < -0.4 is 14.5 Å². The zero-order valence-corrected chi connectivity index (χ0v) is 17.7. The Morgan fingerprint density at radius 1 is 1.07 bits per heavy atom. The van der Waals surface area contributed by atoms with Crippen molar-refractivity contribution in [3.8, 4) is 11.5 Å². The zero-order valence-electron chi connectivity index (χ0n) is 16.1. The molecule has 2 saturated carbocycles. The quantitative estimate of drug-likeness (QED) is 0.630. The minimum atomic E-state index is -4.22. The number of nitrogens with two attached hydrogens (primary N) is 2. The predicted molar refractivity (Wildman–Crippen MR) is 104 cm³/mol. The number of aryl methyl sites for hydroxylation is 1. The van der Waals surface area contributed by atoms with E-state index in [4.69, 9.17) is 18.6 Å². The van der Waals surface area contributed by atoms with Crippen LogP contribution in [0.4, 0.5) is 0 Å². The molecule has 0 saturated heterocycles. The van der Waals surface area contributed by atoms with Gasteiger partial charge in [-0.15, -0.1) is 0 Å². The monoisotopic (exact) mass is 446 g/mol. The van der Waals surface area contributed by atoms with E-state index in [0.29, 0.717) is 24.7 Å². The van der Waals surface area contributed by atoms with Gasteiger partial charge in [0.15, 0.2) is 11.5 Å². The lowest BCUT2D eigenvalue weighted by molar-refractivity contribution is -0.00805. The van der Waals surface area contributed by atoms with Crippen LogP contribution in [0.15, 0.2) is 12.1 Å². The summed E-state index contributed by atoms with van der Waals surface area (Å²) in [6, 6.07) is 3.14. The van der Waals surface area contributed by atoms with Crippen molar-refractivity contribution in [1.82, 2.24) is 0 Å². The molecule has 3 aliphatic carbocycles. The van der Waals surface area contributed by atoms with E-state index in [1.807, 2.05) is 0 Å². The molecule has 0 amide bonds. The fourth-order valence-electron chi connectivity index (χ4n) is 6.05. The highest BCUT2D eigenvalue weighted by Gasteiger charge is 2.56. The second-order valence-corrected chi connectivity index (χ2v) is 11.0. The molecule has 29 heavy (non-hydrogen) atoms. The zero-order chi connectivity index (χ0) is 21.2. The van der Waals surface area contributed by atoms with E-state index >= 15 is 0 Å². The molecule has 11 heteroatoms. The van der Waals surface area contributed by atoms with Crippen LogP contribution in [0.2, 0.25) is 0 Å². The molecule has 9 nitrogen and oxygen atoms in total. The third kappa shape index (κ3) is 3.86. The second kappa shape index (κ2) is 6.81. The molecule has 5 atom stereocenters. The second-order valence-electron chi connectivity index (χ2n) is 8.71. The van der Waals surface area contributed by atoms with Crippen molar-refractivity contribution >= 4 is 20.6 Å². The number of hydrogen-bond donors (Lipinski definition) is 3. The van der Waals surface area contributed by atoms with Crippen LogP contribution in [0, 0.1) is 17.3 Å².